The van der Waals surface area contributed by atoms with E-state index < -0.39 is 41.9 Å². The number of hydrogen-bond acceptors (Lipinski definition) is 10. The Labute approximate surface area is 233 Å². The summed E-state index contributed by atoms with van der Waals surface area (Å²) in [7, 11) is 4.78. The fourth-order valence-corrected chi connectivity index (χ4v) is 7.17. The highest BCUT2D eigenvalue weighted by Gasteiger charge is 2.57. The molecule has 0 aromatic heterocycles. The lowest BCUT2D eigenvalue weighted by Gasteiger charge is -2.60. The summed E-state index contributed by atoms with van der Waals surface area (Å²) >= 11 is 0. The average Bonchev–Trinajstić information content (AvgIpc) is 2.91. The predicted octanol–water partition coefficient (Wildman–Crippen LogP) is 0.788. The molecule has 212 valence electrons. The first kappa shape index (κ1) is 27.8. The largest absolute Gasteiger partial charge is 0.504 e. The van der Waals surface area contributed by atoms with Crippen LogP contribution in [0.3, 0.4) is 0 Å². The van der Waals surface area contributed by atoms with Gasteiger partial charge in [-0.15, -0.1) is 0 Å². The maximum Gasteiger partial charge on any atom is 0.236 e. The maximum absolute atomic E-state index is 13.8. The van der Waals surface area contributed by atoms with Crippen molar-refractivity contribution in [2.24, 2.45) is 5.73 Å². The summed E-state index contributed by atoms with van der Waals surface area (Å²) in [6.45, 7) is 4.97. The molecule has 1 aromatic rings. The fraction of sp³-hybridized carbons (Fsp3) is 0.517. The summed E-state index contributed by atoms with van der Waals surface area (Å²) in [6, 6.07) is 1.07. The lowest BCUT2D eigenvalue weighted by molar-refractivity contribution is -0.125. The Morgan fingerprint density at radius 2 is 1.93 bits per heavy atom. The first-order chi connectivity index (χ1) is 19.0. The van der Waals surface area contributed by atoms with Crippen LogP contribution in [0.1, 0.15) is 43.0 Å². The zero-order valence-electron chi connectivity index (χ0n) is 23.6. The molecule has 2 unspecified atom stereocenters. The number of aromatic hydroxyl groups is 1. The van der Waals surface area contributed by atoms with E-state index in [0.29, 0.717) is 23.3 Å². The second-order valence-electron chi connectivity index (χ2n) is 11.1. The standard InChI is InChI=1S/C29H35N5O6/c1-12-7-15-8-17-19(10-30)34-18(23(33(17)4)21(15)25(36)27(12)39-5)9-16-22(20(34)11-32-29(38)14(3)31)26(37)28(40-6)13(2)24(16)35/h7,14,17-20,23,36H,8-9,11,31H2,1-6H3,(H,32,38)/t14?,17-,18?,19-,20-,23+/m0/s1. The van der Waals surface area contributed by atoms with Crippen LogP contribution in [0.15, 0.2) is 28.5 Å². The third kappa shape index (κ3) is 3.85. The van der Waals surface area contributed by atoms with Crippen molar-refractivity contribution in [3.63, 3.8) is 0 Å². The van der Waals surface area contributed by atoms with E-state index in [2.05, 4.69) is 16.3 Å². The van der Waals surface area contributed by atoms with Gasteiger partial charge in [-0.2, -0.15) is 5.26 Å². The van der Waals surface area contributed by atoms with Crippen molar-refractivity contribution in [3.05, 3.63) is 45.2 Å². The molecule has 6 atom stereocenters. The average molecular weight is 550 g/mol. The number of piperazine rings is 1. The molecule has 5 rings (SSSR count). The molecule has 0 radical (unpaired) electrons. The van der Waals surface area contributed by atoms with Crippen molar-refractivity contribution >= 4 is 17.5 Å². The first-order valence-electron chi connectivity index (χ1n) is 13.4. The molecule has 1 fully saturated rings. The first-order valence-corrected chi connectivity index (χ1v) is 13.4. The number of rotatable bonds is 5. The molecule has 40 heavy (non-hydrogen) atoms. The Kier molecular flexibility index (Phi) is 6.98. The molecule has 3 heterocycles. The lowest BCUT2D eigenvalue weighted by atomic mass is 9.69. The monoisotopic (exact) mass is 549 g/mol. The lowest BCUT2D eigenvalue weighted by Crippen LogP contribution is -2.71. The summed E-state index contributed by atoms with van der Waals surface area (Å²) in [4.78, 5) is 44.1. The molecule has 1 saturated heterocycles. The molecular formula is C29H35N5O6. The molecule has 2 bridgehead atoms. The van der Waals surface area contributed by atoms with E-state index in [1.165, 1.54) is 14.2 Å². The zero-order chi connectivity index (χ0) is 29.2. The van der Waals surface area contributed by atoms with Crippen molar-refractivity contribution in [2.75, 3.05) is 27.8 Å². The van der Waals surface area contributed by atoms with E-state index >= 15 is 0 Å². The number of allylic oxidation sites excluding steroid dienone is 2. The molecule has 1 aromatic carbocycles. The smallest absolute Gasteiger partial charge is 0.236 e. The molecule has 4 N–H and O–H groups in total. The second kappa shape index (κ2) is 10.0. The van der Waals surface area contributed by atoms with Crippen molar-refractivity contribution in [1.82, 2.24) is 15.1 Å². The minimum absolute atomic E-state index is 0.0256. The summed E-state index contributed by atoms with van der Waals surface area (Å²) in [5, 5.41) is 24.8. The Morgan fingerprint density at radius 3 is 2.52 bits per heavy atom. The number of methoxy groups -OCH3 is 2. The Bertz CT molecular complexity index is 1420. The van der Waals surface area contributed by atoms with Gasteiger partial charge < -0.3 is 25.6 Å². The number of nitriles is 1. The predicted molar refractivity (Wildman–Crippen MR) is 144 cm³/mol. The third-order valence-electron chi connectivity index (χ3n) is 8.95. The van der Waals surface area contributed by atoms with Gasteiger partial charge in [-0.3, -0.25) is 24.2 Å². The number of nitrogens with one attached hydrogen (secondary N) is 1. The molecule has 0 saturated carbocycles. The molecule has 3 aliphatic heterocycles. The van der Waals surface area contributed by atoms with Gasteiger partial charge in [0.1, 0.15) is 6.04 Å². The van der Waals surface area contributed by atoms with Crippen molar-refractivity contribution in [3.8, 4) is 17.6 Å². The SMILES string of the molecule is COC1=C(C)C(=O)C2=C(C1=O)[C@H](CNC(=O)C(C)N)N1C(C2)[C@@H]2c3c(cc(C)c(OC)c3O)C[C@@H]([C@@H]1C#N)N2C. The van der Waals surface area contributed by atoms with E-state index in [1.54, 1.807) is 13.8 Å². The van der Waals surface area contributed by atoms with Gasteiger partial charge in [0.25, 0.3) is 0 Å². The number of nitrogens with two attached hydrogens (primary N) is 1. The number of nitrogens with zero attached hydrogens (tertiary/aromatic N) is 3. The number of carbonyl (C=O) groups is 3. The highest BCUT2D eigenvalue weighted by molar-refractivity contribution is 6.25. The number of phenols is 1. The molecule has 11 nitrogen and oxygen atoms in total. The Balaban J connectivity index is 1.72. The van der Waals surface area contributed by atoms with Crippen LogP contribution in [0, 0.1) is 18.3 Å². The maximum atomic E-state index is 13.8. The molecule has 4 aliphatic rings. The van der Waals surface area contributed by atoms with Gasteiger partial charge in [-0.1, -0.05) is 6.07 Å². The number of benzene rings is 1. The normalized spacial score (nSPS) is 28.8. The van der Waals surface area contributed by atoms with Crippen LogP contribution in [-0.4, -0.2) is 90.4 Å². The number of fused-ring (bicyclic) bond motifs is 6. The number of hydrogen-bond donors (Lipinski definition) is 3. The molecule has 1 aliphatic carbocycles. The number of phenolic OH excluding ortho intramolecular Hbond substituents is 1. The molecular weight excluding hydrogens is 514 g/mol. The van der Waals surface area contributed by atoms with Crippen LogP contribution < -0.4 is 15.8 Å². The molecule has 11 heteroatoms. The van der Waals surface area contributed by atoms with Crippen LogP contribution >= 0.6 is 0 Å². The minimum atomic E-state index is -0.787. The Morgan fingerprint density at radius 1 is 1.23 bits per heavy atom. The quantitative estimate of drug-likeness (QED) is 0.448. The third-order valence-corrected chi connectivity index (χ3v) is 8.95. The summed E-state index contributed by atoms with van der Waals surface area (Å²) in [6.07, 6.45) is 0.670. The van der Waals surface area contributed by atoms with Gasteiger partial charge in [-0.05, 0) is 51.8 Å². The topological polar surface area (TPSA) is 158 Å². The number of ketones is 2. The van der Waals surface area contributed by atoms with Crippen molar-refractivity contribution < 1.29 is 29.0 Å². The van der Waals surface area contributed by atoms with E-state index in [9.17, 15) is 24.8 Å². The van der Waals surface area contributed by atoms with Crippen LogP contribution in [0.2, 0.25) is 0 Å². The van der Waals surface area contributed by atoms with Crippen LogP contribution in [0.5, 0.6) is 11.5 Å². The van der Waals surface area contributed by atoms with E-state index in [1.807, 2.05) is 24.9 Å². The highest BCUT2D eigenvalue weighted by Crippen LogP contribution is 2.53. The minimum Gasteiger partial charge on any atom is -0.504 e. The van der Waals surface area contributed by atoms with Gasteiger partial charge in [-0.25, -0.2) is 0 Å². The van der Waals surface area contributed by atoms with Crippen LogP contribution in [0.25, 0.3) is 0 Å². The van der Waals surface area contributed by atoms with E-state index in [4.69, 9.17) is 15.2 Å². The highest BCUT2D eigenvalue weighted by atomic mass is 16.5. The van der Waals surface area contributed by atoms with Crippen LogP contribution in [-0.2, 0) is 25.5 Å². The summed E-state index contributed by atoms with van der Waals surface area (Å²) in [5.74, 6) is -0.749. The van der Waals surface area contributed by atoms with Gasteiger partial charge in [0.2, 0.25) is 11.7 Å². The van der Waals surface area contributed by atoms with Gasteiger partial charge in [0.05, 0.1) is 38.4 Å². The van der Waals surface area contributed by atoms with Gasteiger partial charge in [0.15, 0.2) is 23.0 Å². The number of aryl methyl sites for hydroxylation is 1. The van der Waals surface area contributed by atoms with E-state index in [0.717, 1.165) is 11.1 Å². The number of likely N-dealkylation sites (N-methyl/N-ethyl adjacent to an activating group) is 1. The number of amides is 1. The van der Waals surface area contributed by atoms with Crippen LogP contribution in [0.4, 0.5) is 0 Å². The number of ether oxygens (including phenoxy) is 2. The van der Waals surface area contributed by atoms with E-state index in [-0.39, 0.29) is 47.4 Å². The molecule has 0 spiro atoms. The van der Waals surface area contributed by atoms with Gasteiger partial charge >= 0.3 is 0 Å². The zero-order valence-corrected chi connectivity index (χ0v) is 23.6. The fourth-order valence-electron chi connectivity index (χ4n) is 7.17. The van der Waals surface area contributed by atoms with Crippen molar-refractivity contribution in [2.45, 2.75) is 69.9 Å². The summed E-state index contributed by atoms with van der Waals surface area (Å²) < 4.78 is 10.9. The Hall–Kier alpha value is -3.72. The van der Waals surface area contributed by atoms with Crippen molar-refractivity contribution in [1.29, 1.82) is 5.26 Å². The summed E-state index contributed by atoms with van der Waals surface area (Å²) in [5.41, 5.74) is 9.01. The number of Topliss-reactive ketones (excluding diaryl/α,β-unsaturated/α-hetero) is 2. The molecule has 1 amide bonds. The second-order valence-corrected chi connectivity index (χ2v) is 11.1. The van der Waals surface area contributed by atoms with Gasteiger partial charge in [0, 0.05) is 40.9 Å². The number of carbonyl (C=O) groups excluding carboxylic acids is 3.